The Morgan fingerprint density at radius 1 is 1.11 bits per heavy atom. The maximum Gasteiger partial charge on any atom is 0.339 e. The highest BCUT2D eigenvalue weighted by Gasteiger charge is 2.32. The molecule has 1 atom stereocenters. The zero-order valence-electron chi connectivity index (χ0n) is 10.8. The van der Waals surface area contributed by atoms with Crippen LogP contribution in [0.5, 0.6) is 5.75 Å². The summed E-state index contributed by atoms with van der Waals surface area (Å²) >= 11 is 0. The molecule has 1 unspecified atom stereocenters. The Kier molecular flexibility index (Phi) is 2.75. The molecule has 0 bridgehead atoms. The van der Waals surface area contributed by atoms with Crippen LogP contribution < -0.4 is 4.74 Å². The molecule has 96 valence electrons. The fourth-order valence-electron chi connectivity index (χ4n) is 2.29. The second-order valence-corrected chi connectivity index (χ2v) is 4.65. The van der Waals surface area contributed by atoms with Gasteiger partial charge in [-0.3, -0.25) is 0 Å². The van der Waals surface area contributed by atoms with Crippen LogP contribution in [-0.4, -0.2) is 13.1 Å². The second-order valence-electron chi connectivity index (χ2n) is 4.65. The van der Waals surface area contributed by atoms with Gasteiger partial charge in [0, 0.05) is 5.56 Å². The third kappa shape index (κ3) is 1.97. The molecule has 1 aliphatic heterocycles. The van der Waals surface area contributed by atoms with Gasteiger partial charge in [-0.05, 0) is 30.7 Å². The summed E-state index contributed by atoms with van der Waals surface area (Å²) in [6, 6.07) is 13.4. The number of methoxy groups -OCH3 is 1. The number of cyclic esters (lactones) is 1. The van der Waals surface area contributed by atoms with Crippen molar-refractivity contribution in [2.24, 2.45) is 0 Å². The first-order valence-electron chi connectivity index (χ1n) is 6.14. The first-order chi connectivity index (χ1) is 9.19. The smallest absolute Gasteiger partial charge is 0.339 e. The Labute approximate surface area is 111 Å². The summed E-state index contributed by atoms with van der Waals surface area (Å²) in [6.45, 7) is 2.03. The van der Waals surface area contributed by atoms with Crippen molar-refractivity contribution in [2.75, 3.05) is 7.11 Å². The zero-order chi connectivity index (χ0) is 13.4. The van der Waals surface area contributed by atoms with E-state index in [9.17, 15) is 4.79 Å². The molecule has 0 fully saturated rings. The number of ether oxygens (including phenoxy) is 2. The monoisotopic (exact) mass is 254 g/mol. The molecule has 0 amide bonds. The lowest BCUT2D eigenvalue weighted by Crippen LogP contribution is -2.00. The van der Waals surface area contributed by atoms with E-state index in [0.717, 1.165) is 16.9 Å². The van der Waals surface area contributed by atoms with Gasteiger partial charge in [-0.1, -0.05) is 29.8 Å². The van der Waals surface area contributed by atoms with Crippen molar-refractivity contribution in [2.45, 2.75) is 13.0 Å². The van der Waals surface area contributed by atoms with E-state index < -0.39 is 0 Å². The van der Waals surface area contributed by atoms with Crippen LogP contribution in [0, 0.1) is 6.92 Å². The first kappa shape index (κ1) is 11.8. The third-order valence-corrected chi connectivity index (χ3v) is 3.37. The number of benzene rings is 2. The van der Waals surface area contributed by atoms with Crippen molar-refractivity contribution in [3.05, 3.63) is 64.7 Å². The van der Waals surface area contributed by atoms with Crippen molar-refractivity contribution in [1.29, 1.82) is 0 Å². The molecule has 0 saturated carbocycles. The van der Waals surface area contributed by atoms with E-state index in [1.54, 1.807) is 19.2 Å². The molecule has 19 heavy (non-hydrogen) atoms. The van der Waals surface area contributed by atoms with Crippen LogP contribution >= 0.6 is 0 Å². The molecular weight excluding hydrogens is 240 g/mol. The molecule has 2 aromatic rings. The first-order valence-corrected chi connectivity index (χ1v) is 6.14. The van der Waals surface area contributed by atoms with E-state index in [4.69, 9.17) is 9.47 Å². The van der Waals surface area contributed by atoms with Gasteiger partial charge in [-0.2, -0.15) is 0 Å². The van der Waals surface area contributed by atoms with Crippen LogP contribution in [0.25, 0.3) is 0 Å². The largest absolute Gasteiger partial charge is 0.497 e. The number of esters is 1. The number of fused-ring (bicyclic) bond motifs is 1. The molecule has 0 N–H and O–H groups in total. The number of hydrogen-bond acceptors (Lipinski definition) is 3. The molecular formula is C16H14O3. The summed E-state index contributed by atoms with van der Waals surface area (Å²) in [7, 11) is 1.61. The quantitative estimate of drug-likeness (QED) is 0.772. The predicted octanol–water partition coefficient (Wildman–Crippen LogP) is 3.26. The van der Waals surface area contributed by atoms with E-state index in [-0.39, 0.29) is 12.1 Å². The normalized spacial score (nSPS) is 16.9. The molecule has 3 rings (SSSR count). The van der Waals surface area contributed by atoms with Crippen molar-refractivity contribution in [3.8, 4) is 5.75 Å². The van der Waals surface area contributed by atoms with Crippen LogP contribution in [0.4, 0.5) is 0 Å². The highest BCUT2D eigenvalue weighted by atomic mass is 16.5. The van der Waals surface area contributed by atoms with Gasteiger partial charge >= 0.3 is 5.97 Å². The predicted molar refractivity (Wildman–Crippen MR) is 71.4 cm³/mol. The highest BCUT2D eigenvalue weighted by molar-refractivity contribution is 5.94. The molecule has 0 spiro atoms. The number of carbonyl (C=O) groups excluding carboxylic acids is 1. The van der Waals surface area contributed by atoms with E-state index in [1.807, 2.05) is 37.3 Å². The van der Waals surface area contributed by atoms with Gasteiger partial charge in [-0.15, -0.1) is 0 Å². The lowest BCUT2D eigenvalue weighted by atomic mass is 9.98. The number of aryl methyl sites for hydroxylation is 1. The summed E-state index contributed by atoms with van der Waals surface area (Å²) in [5.74, 6) is 0.456. The number of carbonyl (C=O) groups is 1. The Morgan fingerprint density at radius 3 is 2.53 bits per heavy atom. The maximum absolute atomic E-state index is 11.9. The molecule has 0 radical (unpaired) electrons. The molecule has 2 aromatic carbocycles. The van der Waals surface area contributed by atoms with Crippen LogP contribution in [-0.2, 0) is 4.74 Å². The van der Waals surface area contributed by atoms with Gasteiger partial charge in [0.25, 0.3) is 0 Å². The minimum atomic E-state index is -0.335. The van der Waals surface area contributed by atoms with Gasteiger partial charge in [0.05, 0.1) is 12.7 Å². The lowest BCUT2D eigenvalue weighted by Gasteiger charge is -2.12. The van der Waals surface area contributed by atoms with E-state index in [1.165, 1.54) is 5.56 Å². The van der Waals surface area contributed by atoms with Crippen molar-refractivity contribution in [3.63, 3.8) is 0 Å². The van der Waals surface area contributed by atoms with Crippen molar-refractivity contribution >= 4 is 5.97 Å². The summed E-state index contributed by atoms with van der Waals surface area (Å²) in [6.07, 6.45) is -0.335. The van der Waals surface area contributed by atoms with Gasteiger partial charge in [0.15, 0.2) is 6.10 Å². The van der Waals surface area contributed by atoms with Crippen LogP contribution in [0.2, 0.25) is 0 Å². The lowest BCUT2D eigenvalue weighted by molar-refractivity contribution is 0.0455. The topological polar surface area (TPSA) is 35.5 Å². The SMILES string of the molecule is COc1ccc2c(c1)C(c1ccc(C)cc1)OC2=O. The van der Waals surface area contributed by atoms with Crippen LogP contribution in [0.3, 0.4) is 0 Å². The van der Waals surface area contributed by atoms with Crippen LogP contribution in [0.15, 0.2) is 42.5 Å². The highest BCUT2D eigenvalue weighted by Crippen LogP contribution is 2.37. The number of rotatable bonds is 2. The van der Waals surface area contributed by atoms with E-state index in [2.05, 4.69) is 0 Å². The maximum atomic E-state index is 11.9. The summed E-state index contributed by atoms with van der Waals surface area (Å²) in [5.41, 5.74) is 3.64. The van der Waals surface area contributed by atoms with Crippen molar-refractivity contribution < 1.29 is 14.3 Å². The fourth-order valence-corrected chi connectivity index (χ4v) is 2.29. The molecule has 3 nitrogen and oxygen atoms in total. The molecule has 0 aliphatic carbocycles. The van der Waals surface area contributed by atoms with E-state index >= 15 is 0 Å². The Hall–Kier alpha value is -2.29. The van der Waals surface area contributed by atoms with Gasteiger partial charge in [0.1, 0.15) is 5.75 Å². The summed E-state index contributed by atoms with van der Waals surface area (Å²) in [4.78, 5) is 11.9. The average molecular weight is 254 g/mol. The van der Waals surface area contributed by atoms with Gasteiger partial charge in [-0.25, -0.2) is 4.79 Å². The molecule has 1 heterocycles. The van der Waals surface area contributed by atoms with Crippen LogP contribution in [0.1, 0.15) is 33.2 Å². The Balaban J connectivity index is 2.07. The number of hydrogen-bond donors (Lipinski definition) is 0. The third-order valence-electron chi connectivity index (χ3n) is 3.37. The average Bonchev–Trinajstić information content (AvgIpc) is 2.76. The standard InChI is InChI=1S/C16H14O3/c1-10-3-5-11(6-4-10)15-14-9-12(18-2)7-8-13(14)16(17)19-15/h3-9,15H,1-2H3. The second kappa shape index (κ2) is 4.43. The Morgan fingerprint density at radius 2 is 1.84 bits per heavy atom. The Bertz CT molecular complexity index is 629. The molecule has 3 heteroatoms. The van der Waals surface area contributed by atoms with Gasteiger partial charge < -0.3 is 9.47 Å². The molecule has 0 aromatic heterocycles. The summed E-state index contributed by atoms with van der Waals surface area (Å²) in [5, 5.41) is 0. The minimum Gasteiger partial charge on any atom is -0.497 e. The summed E-state index contributed by atoms with van der Waals surface area (Å²) < 4.78 is 10.7. The minimum absolute atomic E-state index is 0.275. The fraction of sp³-hybridized carbons (Fsp3) is 0.188. The molecule has 1 aliphatic rings. The van der Waals surface area contributed by atoms with E-state index in [0.29, 0.717) is 5.56 Å². The zero-order valence-corrected chi connectivity index (χ0v) is 10.8. The molecule has 0 saturated heterocycles. The van der Waals surface area contributed by atoms with Gasteiger partial charge in [0.2, 0.25) is 0 Å². The van der Waals surface area contributed by atoms with Crippen molar-refractivity contribution in [1.82, 2.24) is 0 Å².